The Bertz CT molecular complexity index is 1260. The predicted octanol–water partition coefficient (Wildman–Crippen LogP) is 6.27. The van der Waals surface area contributed by atoms with Crippen molar-refractivity contribution in [2.45, 2.75) is 21.4 Å². The first-order chi connectivity index (χ1) is 15.6. The molecule has 0 bridgehead atoms. The summed E-state index contributed by atoms with van der Waals surface area (Å²) in [5.74, 6) is 0.839. The number of fused-ring (bicyclic) bond motifs is 1. The van der Waals surface area contributed by atoms with Gasteiger partial charge in [0.15, 0.2) is 8.68 Å². The number of hydrazone groups is 1. The number of carbonyl (C=O) groups excluding carboxylic acids is 1. The van der Waals surface area contributed by atoms with E-state index in [0.29, 0.717) is 0 Å². The van der Waals surface area contributed by atoms with Gasteiger partial charge in [-0.3, -0.25) is 4.79 Å². The van der Waals surface area contributed by atoms with Gasteiger partial charge in [0.2, 0.25) is 0 Å². The van der Waals surface area contributed by atoms with Gasteiger partial charge in [-0.15, -0.1) is 10.2 Å². The highest BCUT2D eigenvalue weighted by atomic mass is 35.5. The fourth-order valence-electron chi connectivity index (χ4n) is 2.82. The van der Waals surface area contributed by atoms with Gasteiger partial charge >= 0.3 is 0 Å². The molecule has 4 aromatic rings. The van der Waals surface area contributed by atoms with Crippen LogP contribution in [0.25, 0.3) is 10.8 Å². The minimum atomic E-state index is -0.180. The third-order valence-corrected chi connectivity index (χ3v) is 8.02. The van der Waals surface area contributed by atoms with Crippen molar-refractivity contribution in [3.05, 3.63) is 82.9 Å². The second kappa shape index (κ2) is 11.0. The number of benzene rings is 3. The Labute approximate surface area is 203 Å². The van der Waals surface area contributed by atoms with E-state index in [1.807, 2.05) is 49.4 Å². The summed E-state index contributed by atoms with van der Waals surface area (Å²) in [5, 5.41) is 15.6. The van der Waals surface area contributed by atoms with Gasteiger partial charge < -0.3 is 0 Å². The number of carbonyl (C=O) groups is 1. The van der Waals surface area contributed by atoms with Crippen LogP contribution in [0.5, 0.6) is 0 Å². The minimum absolute atomic E-state index is 0.180. The second-order valence-electron chi connectivity index (χ2n) is 6.83. The Morgan fingerprint density at radius 3 is 2.50 bits per heavy atom. The largest absolute Gasteiger partial charge is 0.272 e. The topological polar surface area (TPSA) is 67.2 Å². The highest BCUT2D eigenvalue weighted by Gasteiger charge is 2.09. The second-order valence-corrected chi connectivity index (χ2v) is 10.7. The van der Waals surface area contributed by atoms with E-state index in [2.05, 4.69) is 45.0 Å². The number of hydrogen-bond donors (Lipinski definition) is 1. The molecule has 32 heavy (non-hydrogen) atoms. The summed E-state index contributed by atoms with van der Waals surface area (Å²) >= 11 is 10.4. The highest BCUT2D eigenvalue weighted by molar-refractivity contribution is 8.03. The van der Waals surface area contributed by atoms with Crippen molar-refractivity contribution in [1.29, 1.82) is 0 Å². The Morgan fingerprint density at radius 1 is 1.00 bits per heavy atom. The molecular formula is C23H19ClN4OS3. The van der Waals surface area contributed by atoms with Crippen LogP contribution in [0.3, 0.4) is 0 Å². The number of amides is 1. The third-order valence-electron chi connectivity index (χ3n) is 4.51. The molecule has 162 valence electrons. The van der Waals surface area contributed by atoms with Crippen LogP contribution in [-0.2, 0) is 10.5 Å². The molecule has 1 aromatic heterocycles. The number of hydrogen-bond acceptors (Lipinski definition) is 7. The molecule has 0 radical (unpaired) electrons. The fourth-order valence-corrected chi connectivity index (χ4v) is 5.72. The van der Waals surface area contributed by atoms with Gasteiger partial charge in [0.05, 0.1) is 11.5 Å². The molecule has 0 aliphatic carbocycles. The van der Waals surface area contributed by atoms with Crippen LogP contribution in [0.1, 0.15) is 18.1 Å². The maximum Gasteiger partial charge on any atom is 0.250 e. The van der Waals surface area contributed by atoms with E-state index < -0.39 is 0 Å². The number of halogens is 1. The van der Waals surface area contributed by atoms with Crippen LogP contribution in [0.15, 0.2) is 80.5 Å². The zero-order valence-corrected chi connectivity index (χ0v) is 20.3. The van der Waals surface area contributed by atoms with Crippen LogP contribution in [0.4, 0.5) is 0 Å². The molecule has 0 atom stereocenters. The molecule has 1 N–H and O–H groups in total. The summed E-state index contributed by atoms with van der Waals surface area (Å²) in [4.78, 5) is 12.2. The van der Waals surface area contributed by atoms with Crippen molar-refractivity contribution >= 4 is 68.9 Å². The Balaban J connectivity index is 1.25. The highest BCUT2D eigenvalue weighted by Crippen LogP contribution is 2.30. The number of thioether (sulfide) groups is 2. The Kier molecular flexibility index (Phi) is 7.81. The molecule has 5 nitrogen and oxygen atoms in total. The molecule has 0 saturated carbocycles. The molecule has 0 aliphatic rings. The molecule has 0 spiro atoms. The van der Waals surface area contributed by atoms with Crippen LogP contribution in [-0.4, -0.2) is 27.6 Å². The number of rotatable bonds is 8. The van der Waals surface area contributed by atoms with Crippen LogP contribution < -0.4 is 5.43 Å². The maximum atomic E-state index is 12.2. The average Bonchev–Trinajstić information content (AvgIpc) is 3.28. The van der Waals surface area contributed by atoms with Crippen LogP contribution >= 0.6 is 46.5 Å². The average molecular weight is 499 g/mol. The van der Waals surface area contributed by atoms with E-state index in [1.165, 1.54) is 34.0 Å². The maximum absolute atomic E-state index is 12.2. The number of nitrogens with zero attached hydrogens (tertiary/aromatic N) is 3. The molecular weight excluding hydrogens is 480 g/mol. The van der Waals surface area contributed by atoms with Crippen LogP contribution in [0, 0.1) is 0 Å². The molecule has 3 aromatic carbocycles. The molecule has 0 saturated heterocycles. The monoisotopic (exact) mass is 498 g/mol. The van der Waals surface area contributed by atoms with Gasteiger partial charge in [-0.25, -0.2) is 5.43 Å². The summed E-state index contributed by atoms with van der Waals surface area (Å²) in [6.07, 6.45) is 0. The van der Waals surface area contributed by atoms with Gasteiger partial charge in [0.1, 0.15) is 0 Å². The Hall–Kier alpha value is -2.39. The third kappa shape index (κ3) is 6.32. The predicted molar refractivity (Wildman–Crippen MR) is 136 cm³/mol. The first kappa shape index (κ1) is 22.8. The van der Waals surface area contributed by atoms with E-state index in [9.17, 15) is 4.79 Å². The Morgan fingerprint density at radius 2 is 1.72 bits per heavy atom. The lowest BCUT2D eigenvalue weighted by Crippen LogP contribution is -2.21. The zero-order valence-electron chi connectivity index (χ0n) is 17.1. The SMILES string of the molecule is C/C(=N/NC(=O)CSc1nnc(SCc2ccc(Cl)cc2)s1)c1ccc2ccccc2c1. The van der Waals surface area contributed by atoms with E-state index >= 15 is 0 Å². The quantitative estimate of drug-likeness (QED) is 0.176. The van der Waals surface area contributed by atoms with Crippen molar-refractivity contribution in [3.63, 3.8) is 0 Å². The van der Waals surface area contributed by atoms with Gasteiger partial charge in [-0.1, -0.05) is 95.0 Å². The first-order valence-corrected chi connectivity index (χ1v) is 12.9. The lowest BCUT2D eigenvalue weighted by molar-refractivity contribution is -0.118. The first-order valence-electron chi connectivity index (χ1n) is 9.73. The molecule has 0 fully saturated rings. The molecule has 1 amide bonds. The summed E-state index contributed by atoms with van der Waals surface area (Å²) in [5.41, 5.74) is 5.53. The molecule has 0 aliphatic heterocycles. The van der Waals surface area contributed by atoms with Crippen molar-refractivity contribution < 1.29 is 4.79 Å². The minimum Gasteiger partial charge on any atom is -0.272 e. The lowest BCUT2D eigenvalue weighted by Gasteiger charge is -2.04. The standard InChI is InChI=1S/C23H19ClN4OS3/c1-15(18-9-8-17-4-2-3-5-19(17)12-18)25-26-21(29)14-31-23-28-27-22(32-23)30-13-16-6-10-20(24)11-7-16/h2-12H,13-14H2,1H3,(H,26,29)/b25-15-. The van der Waals surface area contributed by atoms with Gasteiger partial charge in [-0.2, -0.15) is 5.10 Å². The van der Waals surface area contributed by atoms with Crippen molar-refractivity contribution in [3.8, 4) is 0 Å². The van der Waals surface area contributed by atoms with E-state index in [4.69, 9.17) is 11.6 Å². The van der Waals surface area contributed by atoms with Gasteiger partial charge in [0, 0.05) is 10.8 Å². The molecule has 0 unspecified atom stereocenters. The number of aromatic nitrogens is 2. The molecule has 1 heterocycles. The van der Waals surface area contributed by atoms with E-state index in [0.717, 1.165) is 36.1 Å². The normalized spacial score (nSPS) is 11.6. The van der Waals surface area contributed by atoms with Crippen molar-refractivity contribution in [2.24, 2.45) is 5.10 Å². The summed E-state index contributed by atoms with van der Waals surface area (Å²) in [7, 11) is 0. The molecule has 9 heteroatoms. The van der Waals surface area contributed by atoms with Crippen LogP contribution in [0.2, 0.25) is 5.02 Å². The zero-order chi connectivity index (χ0) is 22.3. The smallest absolute Gasteiger partial charge is 0.250 e. The van der Waals surface area contributed by atoms with Crippen molar-refractivity contribution in [1.82, 2.24) is 15.6 Å². The van der Waals surface area contributed by atoms with E-state index in [-0.39, 0.29) is 11.7 Å². The molecule has 4 rings (SSSR count). The van der Waals surface area contributed by atoms with Gasteiger partial charge in [0.25, 0.3) is 5.91 Å². The summed E-state index contributed by atoms with van der Waals surface area (Å²) in [6.45, 7) is 1.88. The van der Waals surface area contributed by atoms with Gasteiger partial charge in [-0.05, 0) is 47.0 Å². The summed E-state index contributed by atoms with van der Waals surface area (Å²) in [6, 6.07) is 22.0. The number of nitrogens with one attached hydrogen (secondary N) is 1. The summed E-state index contributed by atoms with van der Waals surface area (Å²) < 4.78 is 1.63. The van der Waals surface area contributed by atoms with Crippen molar-refractivity contribution in [2.75, 3.05) is 5.75 Å². The van der Waals surface area contributed by atoms with E-state index in [1.54, 1.807) is 11.8 Å². The lowest BCUT2D eigenvalue weighted by atomic mass is 10.0. The fraction of sp³-hybridized carbons (Fsp3) is 0.130.